The zero-order valence-corrected chi connectivity index (χ0v) is 16.5. The quantitative estimate of drug-likeness (QED) is 0.786. The van der Waals surface area contributed by atoms with Gasteiger partial charge in [0.05, 0.1) is 25.4 Å². The van der Waals surface area contributed by atoms with E-state index in [0.717, 1.165) is 43.2 Å². The number of rotatable bonds is 6. The van der Waals surface area contributed by atoms with Gasteiger partial charge in [-0.2, -0.15) is 0 Å². The number of carbonyl (C=O) groups is 1. The lowest BCUT2D eigenvalue weighted by atomic mass is 10.1. The Balaban J connectivity index is 1.53. The van der Waals surface area contributed by atoms with E-state index in [1.165, 1.54) is 0 Å². The molecule has 5 nitrogen and oxygen atoms in total. The van der Waals surface area contributed by atoms with Crippen LogP contribution in [0, 0.1) is 0 Å². The van der Waals surface area contributed by atoms with E-state index in [1.54, 1.807) is 7.11 Å². The molecule has 1 saturated heterocycles. The number of hydrogen-bond donors (Lipinski definition) is 0. The summed E-state index contributed by atoms with van der Waals surface area (Å²) < 4.78 is 5.47. The van der Waals surface area contributed by atoms with E-state index in [1.807, 2.05) is 48.3 Å². The van der Waals surface area contributed by atoms with Gasteiger partial charge in [0.2, 0.25) is 5.91 Å². The zero-order chi connectivity index (χ0) is 19.2. The van der Waals surface area contributed by atoms with Crippen molar-refractivity contribution >= 4 is 11.6 Å². The molecule has 1 amide bonds. The topological polar surface area (TPSA) is 36.0 Å². The van der Waals surface area contributed by atoms with Gasteiger partial charge in [-0.15, -0.1) is 0 Å². The summed E-state index contributed by atoms with van der Waals surface area (Å²) in [5, 5.41) is 0. The summed E-state index contributed by atoms with van der Waals surface area (Å²) in [6, 6.07) is 18.4. The van der Waals surface area contributed by atoms with Crippen molar-refractivity contribution in [3.63, 3.8) is 0 Å². The van der Waals surface area contributed by atoms with Crippen molar-refractivity contribution in [2.24, 2.45) is 0 Å². The third-order valence-corrected chi connectivity index (χ3v) is 5.41. The number of anilines is 1. The normalized spacial score (nSPS) is 16.0. The van der Waals surface area contributed by atoms with E-state index in [0.29, 0.717) is 6.54 Å². The van der Waals surface area contributed by atoms with Crippen LogP contribution in [0.4, 0.5) is 5.69 Å². The van der Waals surface area contributed by atoms with E-state index in [9.17, 15) is 4.79 Å². The van der Waals surface area contributed by atoms with Gasteiger partial charge >= 0.3 is 0 Å². The molecule has 0 N–H and O–H groups in total. The Labute approximate surface area is 162 Å². The molecule has 0 aliphatic carbocycles. The van der Waals surface area contributed by atoms with Crippen LogP contribution in [0.15, 0.2) is 54.6 Å². The van der Waals surface area contributed by atoms with E-state index in [4.69, 9.17) is 4.74 Å². The molecule has 5 heteroatoms. The lowest BCUT2D eigenvalue weighted by Gasteiger charge is -2.37. The number of nitrogens with zero attached hydrogens (tertiary/aromatic N) is 3. The first-order valence-electron chi connectivity index (χ1n) is 9.51. The summed E-state index contributed by atoms with van der Waals surface area (Å²) in [6.07, 6.45) is 0. The number of amides is 1. The van der Waals surface area contributed by atoms with Gasteiger partial charge in [-0.1, -0.05) is 42.5 Å². The second-order valence-corrected chi connectivity index (χ2v) is 7.03. The third-order valence-electron chi connectivity index (χ3n) is 5.41. The fourth-order valence-corrected chi connectivity index (χ4v) is 3.51. The highest BCUT2D eigenvalue weighted by Gasteiger charge is 2.24. The van der Waals surface area contributed by atoms with Crippen LogP contribution in [0.2, 0.25) is 0 Å². The van der Waals surface area contributed by atoms with Gasteiger partial charge in [-0.3, -0.25) is 9.69 Å². The molecular formula is C22H29N3O2. The Kier molecular flexibility index (Phi) is 6.35. The lowest BCUT2D eigenvalue weighted by molar-refractivity contribution is -0.133. The highest BCUT2D eigenvalue weighted by molar-refractivity contribution is 5.78. The zero-order valence-electron chi connectivity index (χ0n) is 16.5. The van der Waals surface area contributed by atoms with Gasteiger partial charge in [0, 0.05) is 33.2 Å². The maximum absolute atomic E-state index is 12.7. The maximum Gasteiger partial charge on any atom is 0.236 e. The van der Waals surface area contributed by atoms with Crippen LogP contribution < -0.4 is 9.64 Å². The van der Waals surface area contributed by atoms with Crippen molar-refractivity contribution in [2.75, 3.05) is 51.8 Å². The molecule has 0 saturated carbocycles. The fourth-order valence-electron chi connectivity index (χ4n) is 3.51. The van der Waals surface area contributed by atoms with Crippen LogP contribution >= 0.6 is 0 Å². The van der Waals surface area contributed by atoms with Crippen LogP contribution in [-0.4, -0.2) is 62.6 Å². The molecule has 2 aromatic carbocycles. The van der Waals surface area contributed by atoms with Gasteiger partial charge in [-0.25, -0.2) is 0 Å². The molecule has 0 spiro atoms. The number of methoxy groups -OCH3 is 1. The van der Waals surface area contributed by atoms with Crippen molar-refractivity contribution in [3.05, 3.63) is 60.2 Å². The number of para-hydroxylation sites is 2. The van der Waals surface area contributed by atoms with Gasteiger partial charge in [0.25, 0.3) is 0 Å². The Morgan fingerprint density at radius 1 is 1.04 bits per heavy atom. The van der Waals surface area contributed by atoms with E-state index < -0.39 is 0 Å². The summed E-state index contributed by atoms with van der Waals surface area (Å²) in [4.78, 5) is 19.1. The van der Waals surface area contributed by atoms with Crippen LogP contribution in [0.25, 0.3) is 0 Å². The maximum atomic E-state index is 12.7. The monoisotopic (exact) mass is 367 g/mol. The molecule has 144 valence electrons. The second-order valence-electron chi connectivity index (χ2n) is 7.03. The van der Waals surface area contributed by atoms with Crippen molar-refractivity contribution in [1.29, 1.82) is 0 Å². The minimum atomic E-state index is 0.0774. The van der Waals surface area contributed by atoms with Crippen LogP contribution in [0.1, 0.15) is 18.5 Å². The summed E-state index contributed by atoms with van der Waals surface area (Å²) in [5.74, 6) is 1.07. The Morgan fingerprint density at radius 3 is 2.33 bits per heavy atom. The van der Waals surface area contributed by atoms with Crippen LogP contribution in [-0.2, 0) is 4.79 Å². The summed E-state index contributed by atoms with van der Waals surface area (Å²) in [7, 11) is 3.60. The Morgan fingerprint density at radius 2 is 1.67 bits per heavy atom. The van der Waals surface area contributed by atoms with Crippen LogP contribution in [0.5, 0.6) is 5.75 Å². The number of benzene rings is 2. The molecule has 1 atom stereocenters. The number of hydrogen-bond acceptors (Lipinski definition) is 4. The molecular weight excluding hydrogens is 338 g/mol. The van der Waals surface area contributed by atoms with Crippen molar-refractivity contribution in [1.82, 2.24) is 9.80 Å². The fraction of sp³-hybridized carbons (Fsp3) is 0.409. The molecule has 1 heterocycles. The number of carbonyl (C=O) groups excluding carboxylic acids is 1. The van der Waals surface area contributed by atoms with E-state index >= 15 is 0 Å². The highest BCUT2D eigenvalue weighted by Crippen LogP contribution is 2.28. The molecule has 0 unspecified atom stereocenters. The minimum absolute atomic E-state index is 0.0774. The third kappa shape index (κ3) is 4.61. The highest BCUT2D eigenvalue weighted by atomic mass is 16.5. The lowest BCUT2D eigenvalue weighted by Crippen LogP contribution is -2.50. The molecule has 1 aliphatic heterocycles. The summed E-state index contributed by atoms with van der Waals surface area (Å²) in [5.41, 5.74) is 2.29. The minimum Gasteiger partial charge on any atom is -0.495 e. The predicted octanol–water partition coefficient (Wildman–Crippen LogP) is 3.04. The van der Waals surface area contributed by atoms with Gasteiger partial charge < -0.3 is 14.5 Å². The summed E-state index contributed by atoms with van der Waals surface area (Å²) in [6.45, 7) is 6.08. The standard InChI is InChI=1S/C22H29N3O2/c1-18(19-9-5-4-6-10-19)23(2)22(26)17-24-13-15-25(16-14-24)20-11-7-8-12-21(20)27-3/h4-12,18H,13-17H2,1-3H3/t18-/m0/s1. The number of piperazine rings is 1. The molecule has 1 fully saturated rings. The van der Waals surface area contributed by atoms with Crippen molar-refractivity contribution < 1.29 is 9.53 Å². The Bertz CT molecular complexity index is 742. The molecule has 27 heavy (non-hydrogen) atoms. The van der Waals surface area contributed by atoms with Crippen molar-refractivity contribution in [2.45, 2.75) is 13.0 Å². The number of likely N-dealkylation sites (N-methyl/N-ethyl adjacent to an activating group) is 1. The molecule has 0 aromatic heterocycles. The van der Waals surface area contributed by atoms with Gasteiger partial charge in [-0.05, 0) is 24.6 Å². The van der Waals surface area contributed by atoms with Crippen molar-refractivity contribution in [3.8, 4) is 5.75 Å². The second kappa shape index (κ2) is 8.91. The first-order valence-corrected chi connectivity index (χ1v) is 9.51. The van der Waals surface area contributed by atoms with Crippen LogP contribution in [0.3, 0.4) is 0 Å². The van der Waals surface area contributed by atoms with Gasteiger partial charge in [0.15, 0.2) is 0 Å². The first kappa shape index (κ1) is 19.2. The largest absolute Gasteiger partial charge is 0.495 e. The summed E-state index contributed by atoms with van der Waals surface area (Å²) >= 11 is 0. The first-order chi connectivity index (χ1) is 13.1. The average Bonchev–Trinajstić information content (AvgIpc) is 2.73. The SMILES string of the molecule is COc1ccccc1N1CCN(CC(=O)N(C)[C@@H](C)c2ccccc2)CC1. The predicted molar refractivity (Wildman–Crippen MR) is 109 cm³/mol. The molecule has 2 aromatic rings. The molecule has 3 rings (SSSR count). The Hall–Kier alpha value is -2.53. The molecule has 0 bridgehead atoms. The smallest absolute Gasteiger partial charge is 0.236 e. The van der Waals surface area contributed by atoms with E-state index in [-0.39, 0.29) is 11.9 Å². The molecule has 1 aliphatic rings. The average molecular weight is 367 g/mol. The number of ether oxygens (including phenoxy) is 1. The van der Waals surface area contributed by atoms with Gasteiger partial charge in [0.1, 0.15) is 5.75 Å². The molecule has 0 radical (unpaired) electrons. The van der Waals surface area contributed by atoms with E-state index in [2.05, 4.69) is 34.9 Å².